The van der Waals surface area contributed by atoms with E-state index in [9.17, 15) is 0 Å². The molecule has 0 spiro atoms. The first-order chi connectivity index (χ1) is 20.3. The molecule has 1 aromatic heterocycles. The molecular formula is C41H37NO. The van der Waals surface area contributed by atoms with Gasteiger partial charge in [-0.05, 0) is 101 Å². The molecule has 0 bridgehead atoms. The van der Waals surface area contributed by atoms with Crippen molar-refractivity contribution in [2.45, 2.75) is 58.8 Å². The zero-order chi connectivity index (χ0) is 30.2. The van der Waals surface area contributed by atoms with Gasteiger partial charge in [-0.15, -0.1) is 0 Å². The van der Waals surface area contributed by atoms with Crippen molar-refractivity contribution in [3.05, 3.63) is 107 Å². The highest BCUT2D eigenvalue weighted by Gasteiger charge is 2.26. The summed E-state index contributed by atoms with van der Waals surface area (Å²) in [5, 5.41) is 11.9. The maximum Gasteiger partial charge on any atom is 0.164 e. The number of fused-ring (bicyclic) bond motifs is 2. The predicted molar refractivity (Wildman–Crippen MR) is 186 cm³/mol. The van der Waals surface area contributed by atoms with Crippen molar-refractivity contribution in [3.63, 3.8) is 0 Å². The Bertz CT molecular complexity index is 2360. The van der Waals surface area contributed by atoms with Crippen molar-refractivity contribution in [1.82, 2.24) is 4.74 Å². The zero-order valence-electron chi connectivity index (χ0n) is 26.0. The van der Waals surface area contributed by atoms with Crippen molar-refractivity contribution in [2.75, 3.05) is 0 Å². The van der Waals surface area contributed by atoms with Crippen LogP contribution in [-0.4, -0.2) is 4.74 Å². The summed E-state index contributed by atoms with van der Waals surface area (Å²) in [5.74, 6) is 0. The van der Waals surface area contributed by atoms with Crippen molar-refractivity contribution >= 4 is 71.8 Å². The van der Waals surface area contributed by atoms with E-state index in [1.165, 1.54) is 60.0 Å². The highest BCUT2D eigenvalue weighted by Crippen LogP contribution is 2.48. The molecule has 212 valence electrons. The lowest BCUT2D eigenvalue weighted by Crippen LogP contribution is -2.24. The molecule has 0 fully saturated rings. The molecule has 7 aromatic rings. The van der Waals surface area contributed by atoms with Gasteiger partial charge in [0.05, 0.1) is 11.0 Å². The lowest BCUT2D eigenvalue weighted by atomic mass is 9.79. The summed E-state index contributed by atoms with van der Waals surface area (Å²) in [6.07, 6.45) is 0.825. The van der Waals surface area contributed by atoms with Crippen LogP contribution in [0.3, 0.4) is 0 Å². The van der Waals surface area contributed by atoms with Gasteiger partial charge in [0.2, 0.25) is 0 Å². The molecule has 0 aliphatic heterocycles. The molecular weight excluding hydrogens is 522 g/mol. The number of benzene rings is 6. The van der Waals surface area contributed by atoms with Crippen LogP contribution < -0.4 is 5.35 Å². The van der Waals surface area contributed by atoms with E-state index in [-0.39, 0.29) is 10.8 Å². The first-order valence-electron chi connectivity index (χ1n) is 15.2. The van der Waals surface area contributed by atoms with Gasteiger partial charge in [0.1, 0.15) is 0 Å². The standard InChI is InChI=1S/C41H37NO/c1-22-20-23(2)27-12-15-30-32-17-19-35-39-28(13-16-31(38(32)39)29-14-11-26(22)36(27)37(29)30)24(3)42(43-35)34-21-25(40(4,5)6)10-18-33(34)41(7,8)9/h10-19,21H,1-3,20H2,4-9H3. The Morgan fingerprint density at radius 3 is 1.70 bits per heavy atom. The Morgan fingerprint density at radius 2 is 1.12 bits per heavy atom. The van der Waals surface area contributed by atoms with Crippen LogP contribution in [0.25, 0.3) is 77.5 Å². The van der Waals surface area contributed by atoms with Crippen molar-refractivity contribution in [1.29, 1.82) is 0 Å². The summed E-state index contributed by atoms with van der Waals surface area (Å²) in [6.45, 7) is 27.0. The molecule has 0 N–H and O–H groups in total. The fourth-order valence-corrected chi connectivity index (χ4v) is 7.47. The van der Waals surface area contributed by atoms with Gasteiger partial charge in [0.15, 0.2) is 5.58 Å². The Kier molecular flexibility index (Phi) is 5.03. The minimum Gasteiger partial charge on any atom is -0.374 e. The summed E-state index contributed by atoms with van der Waals surface area (Å²) in [6, 6.07) is 24.8. The van der Waals surface area contributed by atoms with Gasteiger partial charge in [-0.25, -0.2) is 0 Å². The quantitative estimate of drug-likeness (QED) is 0.144. The first kappa shape index (κ1) is 26.1. The van der Waals surface area contributed by atoms with E-state index in [4.69, 9.17) is 4.52 Å². The molecule has 2 heteroatoms. The molecule has 0 amide bonds. The lowest BCUT2D eigenvalue weighted by molar-refractivity contribution is 0.351. The first-order valence-corrected chi connectivity index (χ1v) is 15.2. The van der Waals surface area contributed by atoms with E-state index in [1.807, 2.05) is 4.74 Å². The van der Waals surface area contributed by atoms with Crippen molar-refractivity contribution < 1.29 is 4.52 Å². The van der Waals surface area contributed by atoms with Crippen LogP contribution in [0.5, 0.6) is 0 Å². The molecule has 43 heavy (non-hydrogen) atoms. The summed E-state index contributed by atoms with van der Waals surface area (Å²) < 4.78 is 8.82. The number of aromatic nitrogens is 1. The van der Waals surface area contributed by atoms with Crippen molar-refractivity contribution in [3.8, 4) is 5.69 Å². The van der Waals surface area contributed by atoms with Gasteiger partial charge >= 0.3 is 0 Å². The van der Waals surface area contributed by atoms with Gasteiger partial charge in [-0.3, -0.25) is 0 Å². The van der Waals surface area contributed by atoms with Gasteiger partial charge in [-0.1, -0.05) is 110 Å². The second-order valence-electron chi connectivity index (χ2n) is 14.5. The Labute approximate surface area is 252 Å². The van der Waals surface area contributed by atoms with Gasteiger partial charge in [0, 0.05) is 16.2 Å². The smallest absolute Gasteiger partial charge is 0.164 e. The SMILES string of the molecule is C=C1CC(=C)c2ccc3c4ccc5c(=C)n(-c6cc(C(C)(C)C)ccc6C(C)(C)C)oc6ccc(c7ccc1c2c73)c4c65. The van der Waals surface area contributed by atoms with Crippen molar-refractivity contribution in [2.24, 2.45) is 0 Å². The second-order valence-corrected chi connectivity index (χ2v) is 14.5. The molecule has 6 aromatic carbocycles. The van der Waals surface area contributed by atoms with E-state index in [2.05, 4.69) is 128 Å². The number of hydrogen-bond acceptors (Lipinski definition) is 1. The predicted octanol–water partition coefficient (Wildman–Crippen LogP) is 11.0. The topological polar surface area (TPSA) is 18.1 Å². The fourth-order valence-electron chi connectivity index (χ4n) is 7.47. The van der Waals surface area contributed by atoms with Gasteiger partial charge < -0.3 is 4.52 Å². The maximum atomic E-state index is 6.85. The fraction of sp³-hybridized carbons (Fsp3) is 0.220. The molecule has 1 aliphatic rings. The zero-order valence-corrected chi connectivity index (χ0v) is 26.0. The third-order valence-electron chi connectivity index (χ3n) is 9.69. The number of rotatable bonds is 1. The van der Waals surface area contributed by atoms with E-state index in [0.717, 1.165) is 45.0 Å². The monoisotopic (exact) mass is 559 g/mol. The Hall–Kier alpha value is -4.56. The van der Waals surface area contributed by atoms with Crippen LogP contribution in [0, 0.1) is 0 Å². The van der Waals surface area contributed by atoms with Crippen LogP contribution in [-0.2, 0) is 10.8 Å². The van der Waals surface area contributed by atoms with Crippen LogP contribution >= 0.6 is 0 Å². The minimum absolute atomic E-state index is 0.00828. The molecule has 0 saturated heterocycles. The van der Waals surface area contributed by atoms with Crippen LogP contribution in [0.1, 0.15) is 70.2 Å². The molecule has 1 aliphatic carbocycles. The van der Waals surface area contributed by atoms with Crippen LogP contribution in [0.2, 0.25) is 0 Å². The van der Waals surface area contributed by atoms with E-state index >= 15 is 0 Å². The molecule has 1 heterocycles. The molecule has 0 atom stereocenters. The number of allylic oxidation sites excluding steroid dienone is 2. The summed E-state index contributed by atoms with van der Waals surface area (Å²) in [7, 11) is 0. The third kappa shape index (κ3) is 3.47. The van der Waals surface area contributed by atoms with E-state index in [0.29, 0.717) is 0 Å². The van der Waals surface area contributed by atoms with E-state index < -0.39 is 0 Å². The largest absolute Gasteiger partial charge is 0.374 e. The minimum atomic E-state index is -0.0706. The summed E-state index contributed by atoms with van der Waals surface area (Å²) >= 11 is 0. The lowest BCUT2D eigenvalue weighted by Gasteiger charge is -2.27. The van der Waals surface area contributed by atoms with Crippen LogP contribution in [0.15, 0.2) is 84.4 Å². The molecule has 0 saturated carbocycles. The van der Waals surface area contributed by atoms with Crippen LogP contribution in [0.4, 0.5) is 0 Å². The van der Waals surface area contributed by atoms with Gasteiger partial charge in [-0.2, -0.15) is 4.74 Å². The average molecular weight is 560 g/mol. The molecule has 2 nitrogen and oxygen atoms in total. The third-order valence-corrected chi connectivity index (χ3v) is 9.69. The average Bonchev–Trinajstić information content (AvgIpc) is 2.96. The Balaban J connectivity index is 1.50. The highest BCUT2D eigenvalue weighted by molar-refractivity contribution is 6.37. The normalized spacial score (nSPS) is 14.4. The highest BCUT2D eigenvalue weighted by atomic mass is 16.5. The number of hydrogen-bond donors (Lipinski definition) is 0. The maximum absolute atomic E-state index is 6.85. The number of nitrogens with zero attached hydrogens (tertiary/aromatic N) is 1. The Morgan fingerprint density at radius 1 is 0.581 bits per heavy atom. The summed E-state index contributed by atoms with van der Waals surface area (Å²) in [4.78, 5) is 0. The second kappa shape index (κ2) is 8.29. The molecule has 0 unspecified atom stereocenters. The molecule has 0 radical (unpaired) electrons. The van der Waals surface area contributed by atoms with E-state index in [1.54, 1.807) is 0 Å². The summed E-state index contributed by atoms with van der Waals surface area (Å²) in [5.41, 5.74) is 9.13. The molecule has 8 rings (SSSR count). The van der Waals surface area contributed by atoms with Gasteiger partial charge in [0.25, 0.3) is 0 Å².